The Kier molecular flexibility index (Phi) is 4.65. The van der Waals surface area contributed by atoms with Gasteiger partial charge in [0.25, 0.3) is 5.91 Å². The first-order valence-electron chi connectivity index (χ1n) is 7.55. The highest BCUT2D eigenvalue weighted by molar-refractivity contribution is 7.14. The van der Waals surface area contributed by atoms with E-state index in [1.807, 2.05) is 0 Å². The molecule has 0 aliphatic rings. The molecule has 0 bridgehead atoms. The fraction of sp³-hybridized carbons (Fsp3) is 0. The van der Waals surface area contributed by atoms with E-state index in [0.29, 0.717) is 27.2 Å². The summed E-state index contributed by atoms with van der Waals surface area (Å²) in [5.41, 5.74) is 1.07. The van der Waals surface area contributed by atoms with Gasteiger partial charge < -0.3 is 0 Å². The van der Waals surface area contributed by atoms with Crippen molar-refractivity contribution >= 4 is 33.7 Å². The number of aromatic nitrogens is 4. The molecule has 3 heterocycles. The molecule has 1 amide bonds. The van der Waals surface area contributed by atoms with Crippen molar-refractivity contribution in [1.82, 2.24) is 19.9 Å². The number of benzene rings is 1. The van der Waals surface area contributed by atoms with Crippen LogP contribution in [-0.4, -0.2) is 25.8 Å². The Balaban J connectivity index is 1.50. The van der Waals surface area contributed by atoms with Crippen molar-refractivity contribution in [3.8, 4) is 22.1 Å². The van der Waals surface area contributed by atoms with Gasteiger partial charge in [0.2, 0.25) is 0 Å². The summed E-state index contributed by atoms with van der Waals surface area (Å²) >= 11 is 2.43. The van der Waals surface area contributed by atoms with Gasteiger partial charge in [-0.05, 0) is 24.3 Å². The second-order valence-electron chi connectivity index (χ2n) is 5.23. The van der Waals surface area contributed by atoms with Crippen molar-refractivity contribution in [3.63, 3.8) is 0 Å². The fourth-order valence-corrected chi connectivity index (χ4v) is 3.63. The summed E-state index contributed by atoms with van der Waals surface area (Å²) in [6.45, 7) is 0. The van der Waals surface area contributed by atoms with Crippen LogP contribution in [0.3, 0.4) is 0 Å². The maximum absolute atomic E-state index is 13.4. The Bertz CT molecular complexity index is 1110. The molecule has 4 rings (SSSR count). The highest BCUT2D eigenvalue weighted by Gasteiger charge is 2.15. The van der Waals surface area contributed by atoms with E-state index in [2.05, 4.69) is 25.3 Å². The van der Waals surface area contributed by atoms with Crippen LogP contribution in [0.5, 0.6) is 0 Å². The predicted molar refractivity (Wildman–Crippen MR) is 98.6 cm³/mol. The highest BCUT2D eigenvalue weighted by Crippen LogP contribution is 2.27. The molecule has 4 aromatic rings. The van der Waals surface area contributed by atoms with E-state index in [1.54, 1.807) is 29.2 Å². The fourth-order valence-electron chi connectivity index (χ4n) is 2.17. The van der Waals surface area contributed by atoms with E-state index < -0.39 is 17.5 Å². The van der Waals surface area contributed by atoms with Crippen LogP contribution < -0.4 is 5.32 Å². The van der Waals surface area contributed by atoms with Crippen LogP contribution in [0.1, 0.15) is 10.5 Å². The number of halogens is 2. The molecule has 0 atom stereocenters. The molecule has 1 N–H and O–H groups in total. The van der Waals surface area contributed by atoms with Gasteiger partial charge in [-0.2, -0.15) is 0 Å². The van der Waals surface area contributed by atoms with E-state index >= 15 is 0 Å². The van der Waals surface area contributed by atoms with Crippen molar-refractivity contribution in [2.45, 2.75) is 0 Å². The van der Waals surface area contributed by atoms with Crippen molar-refractivity contribution in [1.29, 1.82) is 0 Å². The Labute approximate surface area is 159 Å². The molecule has 0 spiro atoms. The molecule has 0 aliphatic heterocycles. The van der Waals surface area contributed by atoms with Crippen LogP contribution in [0.4, 0.5) is 13.9 Å². The van der Waals surface area contributed by atoms with E-state index in [1.165, 1.54) is 28.7 Å². The van der Waals surface area contributed by atoms with Crippen molar-refractivity contribution in [2.75, 3.05) is 5.32 Å². The largest absolute Gasteiger partial charge is 0.296 e. The third-order valence-electron chi connectivity index (χ3n) is 3.43. The molecule has 3 aromatic heterocycles. The lowest BCUT2D eigenvalue weighted by molar-refractivity contribution is 0.102. The normalized spacial score (nSPS) is 10.7. The van der Waals surface area contributed by atoms with E-state index in [-0.39, 0.29) is 5.69 Å². The van der Waals surface area contributed by atoms with Crippen LogP contribution >= 0.6 is 22.7 Å². The molecule has 0 saturated carbocycles. The van der Waals surface area contributed by atoms with Crippen LogP contribution in [-0.2, 0) is 0 Å². The minimum Gasteiger partial charge on any atom is -0.296 e. The van der Waals surface area contributed by atoms with Crippen molar-refractivity contribution in [3.05, 3.63) is 64.7 Å². The summed E-state index contributed by atoms with van der Waals surface area (Å²) in [4.78, 5) is 29.0. The third kappa shape index (κ3) is 3.71. The molecular weight excluding hydrogens is 392 g/mol. The molecule has 10 heteroatoms. The standard InChI is InChI=1S/C17H9F2N5OS2/c18-10-3-2-9(6-11(10)19)12-7-27-17(23-12)24-15(25)13-8-26-16(22-13)14-20-4-1-5-21-14/h1-8H,(H,23,24,25). The molecule has 6 nitrogen and oxygen atoms in total. The van der Waals surface area contributed by atoms with Gasteiger partial charge >= 0.3 is 0 Å². The first-order valence-corrected chi connectivity index (χ1v) is 9.31. The van der Waals surface area contributed by atoms with Gasteiger partial charge in [0, 0.05) is 28.7 Å². The number of hydrogen-bond donors (Lipinski definition) is 1. The minimum atomic E-state index is -0.954. The van der Waals surface area contributed by atoms with Crippen LogP contribution in [0.2, 0.25) is 0 Å². The number of nitrogens with one attached hydrogen (secondary N) is 1. The summed E-state index contributed by atoms with van der Waals surface area (Å²) in [6, 6.07) is 5.21. The number of anilines is 1. The maximum Gasteiger partial charge on any atom is 0.276 e. The number of nitrogens with zero attached hydrogens (tertiary/aromatic N) is 4. The molecular formula is C17H9F2N5OS2. The van der Waals surface area contributed by atoms with Gasteiger partial charge in [0.05, 0.1) is 5.69 Å². The third-order valence-corrected chi connectivity index (χ3v) is 5.03. The first kappa shape index (κ1) is 17.3. The number of carbonyl (C=O) groups excluding carboxylic acids is 1. The molecule has 0 unspecified atom stereocenters. The molecule has 0 fully saturated rings. The van der Waals surface area contributed by atoms with Gasteiger partial charge in [0.15, 0.2) is 27.6 Å². The zero-order valence-electron chi connectivity index (χ0n) is 13.4. The lowest BCUT2D eigenvalue weighted by atomic mass is 10.2. The molecule has 27 heavy (non-hydrogen) atoms. The van der Waals surface area contributed by atoms with Gasteiger partial charge in [0.1, 0.15) is 5.69 Å². The molecule has 0 aliphatic carbocycles. The zero-order valence-corrected chi connectivity index (χ0v) is 15.0. The summed E-state index contributed by atoms with van der Waals surface area (Å²) in [5, 5.41) is 6.74. The molecule has 0 radical (unpaired) electrons. The average molecular weight is 401 g/mol. The molecule has 134 valence electrons. The lowest BCUT2D eigenvalue weighted by Gasteiger charge is -1.99. The number of rotatable bonds is 4. The maximum atomic E-state index is 13.4. The zero-order chi connectivity index (χ0) is 18.8. The summed E-state index contributed by atoms with van der Waals surface area (Å²) in [6.07, 6.45) is 3.19. The average Bonchev–Trinajstić information content (AvgIpc) is 3.34. The smallest absolute Gasteiger partial charge is 0.276 e. The van der Waals surface area contributed by atoms with E-state index in [9.17, 15) is 13.6 Å². The quantitative estimate of drug-likeness (QED) is 0.553. The van der Waals surface area contributed by atoms with Gasteiger partial charge in [-0.3, -0.25) is 10.1 Å². The minimum absolute atomic E-state index is 0.215. The summed E-state index contributed by atoms with van der Waals surface area (Å²) in [7, 11) is 0. The first-order chi connectivity index (χ1) is 13.1. The van der Waals surface area contributed by atoms with E-state index in [4.69, 9.17) is 0 Å². The summed E-state index contributed by atoms with van der Waals surface area (Å²) < 4.78 is 26.4. The van der Waals surface area contributed by atoms with Crippen LogP contribution in [0.25, 0.3) is 22.1 Å². The Morgan fingerprint density at radius 1 is 1.00 bits per heavy atom. The van der Waals surface area contributed by atoms with Crippen molar-refractivity contribution in [2.24, 2.45) is 0 Å². The number of thiazole rings is 2. The highest BCUT2D eigenvalue weighted by atomic mass is 32.1. The Hall–Kier alpha value is -3.11. The predicted octanol–water partition coefficient (Wildman–Crippen LogP) is 4.25. The number of carbonyl (C=O) groups is 1. The number of amides is 1. The number of hydrogen-bond acceptors (Lipinski definition) is 7. The molecule has 1 aromatic carbocycles. The van der Waals surface area contributed by atoms with Gasteiger partial charge in [-0.25, -0.2) is 28.7 Å². The topological polar surface area (TPSA) is 80.7 Å². The monoisotopic (exact) mass is 401 g/mol. The van der Waals surface area contributed by atoms with Crippen LogP contribution in [0, 0.1) is 11.6 Å². The second-order valence-corrected chi connectivity index (χ2v) is 6.95. The Morgan fingerprint density at radius 3 is 2.59 bits per heavy atom. The van der Waals surface area contributed by atoms with Crippen LogP contribution in [0.15, 0.2) is 47.4 Å². The SMILES string of the molecule is O=C(Nc1nc(-c2ccc(F)c(F)c2)cs1)c1csc(-c2ncccn2)n1. The van der Waals surface area contributed by atoms with Crippen molar-refractivity contribution < 1.29 is 13.6 Å². The van der Waals surface area contributed by atoms with Gasteiger partial charge in [-0.15, -0.1) is 22.7 Å². The second kappa shape index (κ2) is 7.25. The van der Waals surface area contributed by atoms with E-state index in [0.717, 1.165) is 12.1 Å². The molecule has 0 saturated heterocycles. The summed E-state index contributed by atoms with van der Waals surface area (Å²) in [5.74, 6) is -1.87. The Morgan fingerprint density at radius 2 is 1.81 bits per heavy atom. The van der Waals surface area contributed by atoms with Gasteiger partial charge in [-0.1, -0.05) is 0 Å². The lowest BCUT2D eigenvalue weighted by Crippen LogP contribution is -2.12.